The fourth-order valence-corrected chi connectivity index (χ4v) is 4.67. The molecule has 0 radical (unpaired) electrons. The van der Waals surface area contributed by atoms with Crippen molar-refractivity contribution in [3.63, 3.8) is 0 Å². The number of thiophene rings is 1. The molecule has 1 aliphatic rings. The highest BCUT2D eigenvalue weighted by Gasteiger charge is 2.25. The molecule has 27 heavy (non-hydrogen) atoms. The normalized spacial score (nSPS) is 19.0. The summed E-state index contributed by atoms with van der Waals surface area (Å²) < 4.78 is 0. The van der Waals surface area contributed by atoms with Gasteiger partial charge in [0.15, 0.2) is 0 Å². The van der Waals surface area contributed by atoms with Crippen LogP contribution in [0, 0.1) is 6.92 Å². The molecule has 0 saturated carbocycles. The van der Waals surface area contributed by atoms with Crippen molar-refractivity contribution in [1.82, 2.24) is 14.8 Å². The fraction of sp³-hybridized carbons (Fsp3) is 0.409. The van der Waals surface area contributed by atoms with Gasteiger partial charge in [-0.15, -0.1) is 11.3 Å². The topological polar surface area (TPSA) is 39.6 Å². The Kier molecular flexibility index (Phi) is 5.55. The Morgan fingerprint density at radius 1 is 1.22 bits per heavy atom. The van der Waals surface area contributed by atoms with E-state index in [-0.39, 0.29) is 6.61 Å². The van der Waals surface area contributed by atoms with Crippen molar-refractivity contribution in [2.75, 3.05) is 33.3 Å². The minimum Gasteiger partial charge on any atom is -0.396 e. The van der Waals surface area contributed by atoms with Gasteiger partial charge in [0, 0.05) is 44.2 Å². The molecule has 0 aliphatic carbocycles. The van der Waals surface area contributed by atoms with Crippen LogP contribution >= 0.6 is 11.3 Å². The molecule has 1 saturated heterocycles. The number of aryl methyl sites for hydroxylation is 1. The zero-order valence-corrected chi connectivity index (χ0v) is 16.9. The van der Waals surface area contributed by atoms with Crippen LogP contribution in [0.5, 0.6) is 0 Å². The van der Waals surface area contributed by atoms with Gasteiger partial charge in [-0.2, -0.15) is 0 Å². The summed E-state index contributed by atoms with van der Waals surface area (Å²) in [6.45, 7) is 6.35. The van der Waals surface area contributed by atoms with E-state index in [1.807, 2.05) is 0 Å². The second kappa shape index (κ2) is 8.07. The van der Waals surface area contributed by atoms with E-state index in [4.69, 9.17) is 4.98 Å². The van der Waals surface area contributed by atoms with Gasteiger partial charge in [-0.05, 0) is 55.1 Å². The van der Waals surface area contributed by atoms with Crippen molar-refractivity contribution in [2.24, 2.45) is 0 Å². The highest BCUT2D eigenvalue weighted by atomic mass is 32.1. The first-order valence-corrected chi connectivity index (χ1v) is 10.5. The second-order valence-corrected chi connectivity index (χ2v) is 8.50. The molecule has 2 aromatic heterocycles. The number of fused-ring (bicyclic) bond motifs is 1. The molecule has 4 nitrogen and oxygen atoms in total. The predicted molar refractivity (Wildman–Crippen MR) is 113 cm³/mol. The lowest BCUT2D eigenvalue weighted by atomic mass is 10.0. The lowest BCUT2D eigenvalue weighted by Crippen LogP contribution is -2.51. The van der Waals surface area contributed by atoms with Crippen molar-refractivity contribution in [3.8, 4) is 10.6 Å². The number of hydrogen-bond acceptors (Lipinski definition) is 5. The van der Waals surface area contributed by atoms with E-state index in [2.05, 4.69) is 65.5 Å². The van der Waals surface area contributed by atoms with Gasteiger partial charge in [0.2, 0.25) is 0 Å². The number of piperazine rings is 1. The summed E-state index contributed by atoms with van der Waals surface area (Å²) in [5, 5.41) is 12.7. The molecule has 3 aromatic rings. The van der Waals surface area contributed by atoms with Crippen LogP contribution < -0.4 is 0 Å². The number of pyridine rings is 1. The molecular weight excluding hydrogens is 354 g/mol. The standard InChI is InChI=1S/C22H27N3OS/c1-16-5-6-17-13-18(14-25-9-8-24(2)19(15-25)7-10-26)22(23-20(17)12-16)21-4-3-11-27-21/h3-6,11-13,19,26H,7-10,14-15H2,1-2H3/t19-/m0/s1. The van der Waals surface area contributed by atoms with Gasteiger partial charge >= 0.3 is 0 Å². The zero-order valence-electron chi connectivity index (χ0n) is 16.1. The highest BCUT2D eigenvalue weighted by molar-refractivity contribution is 7.13. The minimum atomic E-state index is 0.250. The second-order valence-electron chi connectivity index (χ2n) is 7.55. The Labute approximate surface area is 165 Å². The summed E-state index contributed by atoms with van der Waals surface area (Å²) in [5.74, 6) is 0. The van der Waals surface area contributed by atoms with Gasteiger partial charge < -0.3 is 10.0 Å². The molecule has 0 amide bonds. The van der Waals surface area contributed by atoms with Gasteiger partial charge in [0.25, 0.3) is 0 Å². The van der Waals surface area contributed by atoms with Crippen LogP contribution in [0.15, 0.2) is 41.8 Å². The SMILES string of the molecule is Cc1ccc2cc(CN3CCN(C)[C@@H](CCO)C3)c(-c3cccs3)nc2c1. The molecule has 0 bridgehead atoms. The number of aliphatic hydroxyl groups is 1. The maximum atomic E-state index is 9.37. The maximum absolute atomic E-state index is 9.37. The minimum absolute atomic E-state index is 0.250. The summed E-state index contributed by atoms with van der Waals surface area (Å²) in [7, 11) is 2.16. The Balaban J connectivity index is 1.67. The summed E-state index contributed by atoms with van der Waals surface area (Å²) in [6.07, 6.45) is 0.833. The van der Waals surface area contributed by atoms with Crippen LogP contribution in [-0.2, 0) is 6.54 Å². The molecule has 1 aliphatic heterocycles. The molecule has 1 atom stereocenters. The van der Waals surface area contributed by atoms with E-state index < -0.39 is 0 Å². The van der Waals surface area contributed by atoms with E-state index in [0.717, 1.165) is 43.8 Å². The van der Waals surface area contributed by atoms with Crippen molar-refractivity contribution in [3.05, 3.63) is 52.9 Å². The van der Waals surface area contributed by atoms with Crippen LogP contribution in [0.25, 0.3) is 21.5 Å². The first-order valence-electron chi connectivity index (χ1n) is 9.61. The summed E-state index contributed by atoms with van der Waals surface area (Å²) in [4.78, 5) is 11.2. The Hall–Kier alpha value is -1.79. The van der Waals surface area contributed by atoms with Gasteiger partial charge in [-0.1, -0.05) is 18.2 Å². The van der Waals surface area contributed by atoms with Crippen LogP contribution in [0.2, 0.25) is 0 Å². The van der Waals surface area contributed by atoms with Crippen LogP contribution in [0.1, 0.15) is 17.5 Å². The quantitative estimate of drug-likeness (QED) is 0.730. The zero-order chi connectivity index (χ0) is 18.8. The molecule has 0 unspecified atom stereocenters. The number of benzene rings is 1. The van der Waals surface area contributed by atoms with Gasteiger partial charge in [0.1, 0.15) is 0 Å². The monoisotopic (exact) mass is 381 g/mol. The lowest BCUT2D eigenvalue weighted by Gasteiger charge is -2.39. The molecule has 3 heterocycles. The van der Waals surface area contributed by atoms with E-state index in [0.29, 0.717) is 6.04 Å². The average molecular weight is 382 g/mol. The summed E-state index contributed by atoms with van der Waals surface area (Å²) in [6, 6.07) is 13.5. The predicted octanol–water partition coefficient (Wildman–Crippen LogP) is 3.77. The molecule has 5 heteroatoms. The number of rotatable bonds is 5. The summed E-state index contributed by atoms with van der Waals surface area (Å²) in [5.41, 5.74) is 4.71. The first kappa shape index (κ1) is 18.6. The van der Waals surface area contributed by atoms with E-state index in [1.165, 1.54) is 21.4 Å². The van der Waals surface area contributed by atoms with E-state index in [1.54, 1.807) is 11.3 Å². The van der Waals surface area contributed by atoms with Gasteiger partial charge in [-0.3, -0.25) is 4.90 Å². The van der Waals surface area contributed by atoms with Gasteiger partial charge in [-0.25, -0.2) is 4.98 Å². The molecule has 0 spiro atoms. The van der Waals surface area contributed by atoms with Crippen LogP contribution in [0.4, 0.5) is 0 Å². The summed E-state index contributed by atoms with van der Waals surface area (Å²) >= 11 is 1.75. The smallest absolute Gasteiger partial charge is 0.0854 e. The van der Waals surface area contributed by atoms with Gasteiger partial charge in [0.05, 0.1) is 16.1 Å². The maximum Gasteiger partial charge on any atom is 0.0854 e. The van der Waals surface area contributed by atoms with Crippen LogP contribution in [0.3, 0.4) is 0 Å². The largest absolute Gasteiger partial charge is 0.396 e. The third kappa shape index (κ3) is 4.06. The Morgan fingerprint density at radius 2 is 2.11 bits per heavy atom. The Morgan fingerprint density at radius 3 is 2.89 bits per heavy atom. The van der Waals surface area contributed by atoms with E-state index >= 15 is 0 Å². The van der Waals surface area contributed by atoms with Crippen LogP contribution in [-0.4, -0.2) is 59.2 Å². The molecule has 142 valence electrons. The number of nitrogens with zero attached hydrogens (tertiary/aromatic N) is 3. The number of likely N-dealkylation sites (N-methyl/N-ethyl adjacent to an activating group) is 1. The Bertz CT molecular complexity index is 909. The number of hydrogen-bond donors (Lipinski definition) is 1. The fourth-order valence-electron chi connectivity index (χ4n) is 3.92. The first-order chi connectivity index (χ1) is 13.1. The van der Waals surface area contributed by atoms with Crippen molar-refractivity contribution in [1.29, 1.82) is 0 Å². The van der Waals surface area contributed by atoms with E-state index in [9.17, 15) is 5.11 Å². The van der Waals surface area contributed by atoms with Crippen molar-refractivity contribution < 1.29 is 5.11 Å². The average Bonchev–Trinajstić information content (AvgIpc) is 3.19. The van der Waals surface area contributed by atoms with Crippen molar-refractivity contribution in [2.45, 2.75) is 25.9 Å². The molecule has 1 N–H and O–H groups in total. The molecule has 1 aromatic carbocycles. The lowest BCUT2D eigenvalue weighted by molar-refractivity contribution is 0.0744. The molecular formula is C22H27N3OS. The third-order valence-electron chi connectivity index (χ3n) is 5.52. The highest BCUT2D eigenvalue weighted by Crippen LogP contribution is 2.30. The molecule has 1 fully saturated rings. The van der Waals surface area contributed by atoms with Crippen molar-refractivity contribution >= 4 is 22.2 Å². The molecule has 4 rings (SSSR count). The number of aromatic nitrogens is 1. The third-order valence-corrected chi connectivity index (χ3v) is 6.40. The number of aliphatic hydroxyl groups excluding tert-OH is 1.